The Morgan fingerprint density at radius 1 is 1.07 bits per heavy atom. The normalized spacial score (nSPS) is 34.7. The zero-order valence-corrected chi connectivity index (χ0v) is 10.9. The van der Waals surface area contributed by atoms with Crippen molar-refractivity contribution in [2.45, 2.75) is 54.4 Å². The van der Waals surface area contributed by atoms with Crippen LogP contribution < -0.4 is 0 Å². The lowest BCUT2D eigenvalue weighted by Crippen LogP contribution is -2.39. The van der Waals surface area contributed by atoms with Gasteiger partial charge in [-0.2, -0.15) is 0 Å². The van der Waals surface area contributed by atoms with E-state index in [1.54, 1.807) is 0 Å². The molecule has 0 aromatic carbocycles. The molecule has 0 spiro atoms. The molecule has 4 atom stereocenters. The molecule has 1 aliphatic carbocycles. The van der Waals surface area contributed by atoms with Crippen LogP contribution in [0.4, 0.5) is 0 Å². The van der Waals surface area contributed by atoms with Crippen LogP contribution in [0.2, 0.25) is 0 Å². The van der Waals surface area contributed by atoms with Crippen molar-refractivity contribution in [3.63, 3.8) is 0 Å². The zero-order chi connectivity index (χ0) is 10.9. The van der Waals surface area contributed by atoms with E-state index in [0.29, 0.717) is 0 Å². The summed E-state index contributed by atoms with van der Waals surface area (Å²) in [5, 5.41) is 0. The van der Waals surface area contributed by atoms with Gasteiger partial charge in [0, 0.05) is 0 Å². The van der Waals surface area contributed by atoms with E-state index in [-0.39, 0.29) is 0 Å². The first-order valence-corrected chi connectivity index (χ1v) is 6.43. The largest absolute Gasteiger partial charge is 0.0625 e. The molecule has 0 aromatic heterocycles. The average molecular weight is 196 g/mol. The molecule has 14 heavy (non-hydrogen) atoms. The molecular weight excluding hydrogens is 168 g/mol. The summed E-state index contributed by atoms with van der Waals surface area (Å²) < 4.78 is 0. The fourth-order valence-electron chi connectivity index (χ4n) is 2.87. The van der Waals surface area contributed by atoms with Crippen LogP contribution in [0.15, 0.2) is 0 Å². The van der Waals surface area contributed by atoms with Crippen LogP contribution in [0.5, 0.6) is 0 Å². The summed E-state index contributed by atoms with van der Waals surface area (Å²) in [5.74, 6) is 5.70. The van der Waals surface area contributed by atoms with E-state index in [2.05, 4.69) is 41.5 Å². The zero-order valence-electron chi connectivity index (χ0n) is 10.9. The number of rotatable bonds is 4. The second-order valence-electron chi connectivity index (χ2n) is 6.22. The maximum absolute atomic E-state index is 2.46. The topological polar surface area (TPSA) is 0 Å². The predicted octanol–water partition coefficient (Wildman–Crippen LogP) is 4.60. The van der Waals surface area contributed by atoms with E-state index < -0.39 is 0 Å². The number of hydrogen-bond donors (Lipinski definition) is 0. The van der Waals surface area contributed by atoms with Crippen molar-refractivity contribution in [3.05, 3.63) is 0 Å². The molecule has 0 heterocycles. The SMILES string of the molecule is CC(C)C(C)CC1CC(C(C)C)C1C. The van der Waals surface area contributed by atoms with Gasteiger partial charge in [-0.1, -0.05) is 41.5 Å². The van der Waals surface area contributed by atoms with Crippen molar-refractivity contribution < 1.29 is 0 Å². The van der Waals surface area contributed by atoms with Gasteiger partial charge in [-0.25, -0.2) is 0 Å². The lowest BCUT2D eigenvalue weighted by Gasteiger charge is -2.47. The maximum Gasteiger partial charge on any atom is -0.0360 e. The molecule has 0 radical (unpaired) electrons. The predicted molar refractivity (Wildman–Crippen MR) is 64.2 cm³/mol. The molecule has 0 saturated heterocycles. The Morgan fingerprint density at radius 3 is 2.00 bits per heavy atom. The average Bonchev–Trinajstić information content (AvgIpc) is 2.09. The minimum Gasteiger partial charge on any atom is -0.0625 e. The summed E-state index contributed by atoms with van der Waals surface area (Å²) in [6, 6.07) is 0. The van der Waals surface area contributed by atoms with Crippen LogP contribution in [0.25, 0.3) is 0 Å². The molecule has 0 bridgehead atoms. The molecular formula is C14H28. The van der Waals surface area contributed by atoms with E-state index in [4.69, 9.17) is 0 Å². The molecule has 0 N–H and O–H groups in total. The first-order valence-electron chi connectivity index (χ1n) is 6.43. The molecule has 1 rings (SSSR count). The van der Waals surface area contributed by atoms with Crippen LogP contribution in [0.3, 0.4) is 0 Å². The monoisotopic (exact) mass is 196 g/mol. The van der Waals surface area contributed by atoms with Gasteiger partial charge in [0.2, 0.25) is 0 Å². The molecule has 0 amide bonds. The molecule has 0 aliphatic heterocycles. The van der Waals surface area contributed by atoms with Crippen LogP contribution in [-0.4, -0.2) is 0 Å². The van der Waals surface area contributed by atoms with Gasteiger partial charge in [0.15, 0.2) is 0 Å². The van der Waals surface area contributed by atoms with Gasteiger partial charge < -0.3 is 0 Å². The molecule has 0 aromatic rings. The summed E-state index contributed by atoms with van der Waals surface area (Å²) in [6.07, 6.45) is 2.96. The Labute approximate surface area is 90.5 Å². The van der Waals surface area contributed by atoms with Gasteiger partial charge in [0.1, 0.15) is 0 Å². The van der Waals surface area contributed by atoms with Crippen molar-refractivity contribution in [2.75, 3.05) is 0 Å². The fourth-order valence-corrected chi connectivity index (χ4v) is 2.87. The van der Waals surface area contributed by atoms with E-state index in [1.807, 2.05) is 0 Å². The first kappa shape index (κ1) is 12.1. The molecule has 0 nitrogen and oxygen atoms in total. The molecule has 4 unspecified atom stereocenters. The van der Waals surface area contributed by atoms with Crippen LogP contribution >= 0.6 is 0 Å². The Kier molecular flexibility index (Phi) is 4.04. The summed E-state index contributed by atoms with van der Waals surface area (Å²) in [5.41, 5.74) is 0. The Balaban J connectivity index is 2.31. The Bertz CT molecular complexity index is 169. The van der Waals surface area contributed by atoms with Gasteiger partial charge in [-0.3, -0.25) is 0 Å². The van der Waals surface area contributed by atoms with E-state index in [0.717, 1.165) is 35.5 Å². The van der Waals surface area contributed by atoms with Gasteiger partial charge in [0.05, 0.1) is 0 Å². The van der Waals surface area contributed by atoms with E-state index >= 15 is 0 Å². The van der Waals surface area contributed by atoms with Crippen molar-refractivity contribution in [1.82, 2.24) is 0 Å². The van der Waals surface area contributed by atoms with Crippen molar-refractivity contribution in [3.8, 4) is 0 Å². The van der Waals surface area contributed by atoms with Crippen molar-refractivity contribution in [1.29, 1.82) is 0 Å². The summed E-state index contributed by atoms with van der Waals surface area (Å²) in [7, 11) is 0. The lowest BCUT2D eigenvalue weighted by molar-refractivity contribution is 0.0285. The Morgan fingerprint density at radius 2 is 1.64 bits per heavy atom. The number of hydrogen-bond acceptors (Lipinski definition) is 0. The Hall–Kier alpha value is 0. The van der Waals surface area contributed by atoms with Crippen LogP contribution in [-0.2, 0) is 0 Å². The summed E-state index contributed by atoms with van der Waals surface area (Å²) in [6.45, 7) is 14.3. The molecule has 84 valence electrons. The minimum absolute atomic E-state index is 0.861. The highest BCUT2D eigenvalue weighted by Gasteiger charge is 2.39. The highest BCUT2D eigenvalue weighted by Crippen LogP contribution is 2.47. The third-order valence-electron chi connectivity index (χ3n) is 4.66. The smallest absolute Gasteiger partial charge is 0.0360 e. The van der Waals surface area contributed by atoms with E-state index in [9.17, 15) is 0 Å². The van der Waals surface area contributed by atoms with Crippen LogP contribution in [0, 0.1) is 35.5 Å². The van der Waals surface area contributed by atoms with Gasteiger partial charge in [0.25, 0.3) is 0 Å². The van der Waals surface area contributed by atoms with Gasteiger partial charge in [-0.15, -0.1) is 0 Å². The molecule has 0 heteroatoms. The van der Waals surface area contributed by atoms with Gasteiger partial charge >= 0.3 is 0 Å². The third kappa shape index (κ3) is 2.52. The fraction of sp³-hybridized carbons (Fsp3) is 1.00. The van der Waals surface area contributed by atoms with Crippen molar-refractivity contribution in [2.24, 2.45) is 35.5 Å². The highest BCUT2D eigenvalue weighted by molar-refractivity contribution is 4.88. The second-order valence-corrected chi connectivity index (χ2v) is 6.22. The lowest BCUT2D eigenvalue weighted by atomic mass is 9.59. The summed E-state index contributed by atoms with van der Waals surface area (Å²) >= 11 is 0. The quantitative estimate of drug-likeness (QED) is 0.616. The first-order chi connectivity index (χ1) is 6.43. The van der Waals surface area contributed by atoms with E-state index in [1.165, 1.54) is 12.8 Å². The standard InChI is InChI=1S/C14H28/c1-9(2)11(5)7-13-8-14(10(3)4)12(13)6/h9-14H,7-8H2,1-6H3. The van der Waals surface area contributed by atoms with Crippen LogP contribution in [0.1, 0.15) is 54.4 Å². The maximum atomic E-state index is 2.46. The summed E-state index contributed by atoms with van der Waals surface area (Å²) in [4.78, 5) is 0. The molecule has 1 fully saturated rings. The molecule has 1 saturated carbocycles. The molecule has 1 aliphatic rings. The van der Waals surface area contributed by atoms with Gasteiger partial charge in [-0.05, 0) is 48.3 Å². The van der Waals surface area contributed by atoms with Crippen molar-refractivity contribution >= 4 is 0 Å². The second kappa shape index (κ2) is 4.68. The third-order valence-corrected chi connectivity index (χ3v) is 4.66. The minimum atomic E-state index is 0.861. The highest BCUT2D eigenvalue weighted by atomic mass is 14.4.